The Morgan fingerprint density at radius 3 is 2.22 bits per heavy atom. The van der Waals surface area contributed by atoms with Gasteiger partial charge in [-0.25, -0.2) is 0 Å². The van der Waals surface area contributed by atoms with Gasteiger partial charge >= 0.3 is 0 Å². The van der Waals surface area contributed by atoms with Gasteiger partial charge in [-0.05, 0) is 62.0 Å². The molecule has 0 bridgehead atoms. The zero-order valence-electron chi connectivity index (χ0n) is 14.7. The summed E-state index contributed by atoms with van der Waals surface area (Å²) in [6, 6.07) is 12.9. The molecule has 3 aromatic rings. The number of aryl methyl sites for hydroxylation is 1. The lowest BCUT2D eigenvalue weighted by atomic mass is 10.2. The van der Waals surface area contributed by atoms with Crippen molar-refractivity contribution in [2.45, 2.75) is 20.4 Å². The molecule has 0 saturated carbocycles. The van der Waals surface area contributed by atoms with E-state index in [1.165, 1.54) is 0 Å². The Morgan fingerprint density at radius 2 is 1.59 bits per heavy atom. The van der Waals surface area contributed by atoms with Gasteiger partial charge < -0.3 is 10.6 Å². The lowest BCUT2D eigenvalue weighted by molar-refractivity contribution is 0.659. The third-order valence-electron chi connectivity index (χ3n) is 3.99. The second-order valence-electron chi connectivity index (χ2n) is 6.07. The Bertz CT molecular complexity index is 963. The van der Waals surface area contributed by atoms with Crippen LogP contribution in [0.15, 0.2) is 42.5 Å². The Labute approximate surface area is 178 Å². The molecule has 0 aliphatic carbocycles. The highest BCUT2D eigenvalue weighted by Crippen LogP contribution is 2.24. The van der Waals surface area contributed by atoms with Gasteiger partial charge in [0.2, 0.25) is 0 Å². The van der Waals surface area contributed by atoms with E-state index < -0.39 is 0 Å². The van der Waals surface area contributed by atoms with Crippen LogP contribution >= 0.6 is 47.0 Å². The average Bonchev–Trinajstić information content (AvgIpc) is 2.83. The summed E-state index contributed by atoms with van der Waals surface area (Å²) in [5.74, 6) is 0. The highest BCUT2D eigenvalue weighted by atomic mass is 35.5. The van der Waals surface area contributed by atoms with E-state index in [-0.39, 0.29) is 0 Å². The maximum atomic E-state index is 6.02. The van der Waals surface area contributed by atoms with Gasteiger partial charge in [0.15, 0.2) is 5.11 Å². The molecular weight excluding hydrogens is 423 g/mol. The van der Waals surface area contributed by atoms with Crippen LogP contribution < -0.4 is 10.6 Å². The number of thiocarbonyl (C=S) groups is 1. The summed E-state index contributed by atoms with van der Waals surface area (Å²) in [6.45, 7) is 4.58. The minimum absolute atomic E-state index is 0.436. The largest absolute Gasteiger partial charge is 0.332 e. The predicted octanol–water partition coefficient (Wildman–Crippen LogP) is 6.32. The van der Waals surface area contributed by atoms with Crippen LogP contribution in [0.4, 0.5) is 11.4 Å². The second kappa shape index (κ2) is 8.48. The number of anilines is 2. The quantitative estimate of drug-likeness (QED) is 0.467. The molecule has 0 aliphatic heterocycles. The van der Waals surface area contributed by atoms with E-state index in [2.05, 4.69) is 15.7 Å². The lowest BCUT2D eigenvalue weighted by Gasteiger charge is -2.12. The van der Waals surface area contributed by atoms with E-state index in [1.807, 2.05) is 42.8 Å². The Balaban J connectivity index is 1.74. The summed E-state index contributed by atoms with van der Waals surface area (Å²) in [6.07, 6.45) is 0. The number of nitrogens with one attached hydrogen (secondary N) is 2. The predicted molar refractivity (Wildman–Crippen MR) is 119 cm³/mol. The number of nitrogens with zero attached hydrogens (tertiary/aromatic N) is 2. The zero-order valence-corrected chi connectivity index (χ0v) is 17.8. The number of benzene rings is 2. The Morgan fingerprint density at radius 1 is 0.963 bits per heavy atom. The molecule has 0 radical (unpaired) electrons. The van der Waals surface area contributed by atoms with Gasteiger partial charge in [-0.3, -0.25) is 4.68 Å². The maximum Gasteiger partial charge on any atom is 0.175 e. The van der Waals surface area contributed by atoms with Gasteiger partial charge in [0, 0.05) is 20.8 Å². The minimum Gasteiger partial charge on any atom is -0.332 e. The molecule has 0 aliphatic rings. The molecule has 0 fully saturated rings. The first-order valence-corrected chi connectivity index (χ1v) is 9.68. The Hall–Kier alpha value is -1.79. The van der Waals surface area contributed by atoms with Crippen LogP contribution in [0.1, 0.15) is 17.0 Å². The van der Waals surface area contributed by atoms with Crippen molar-refractivity contribution >= 4 is 63.5 Å². The number of hydrogen-bond donors (Lipinski definition) is 2. The minimum atomic E-state index is 0.436. The number of halogens is 3. The van der Waals surface area contributed by atoms with Crippen LogP contribution in [-0.4, -0.2) is 14.9 Å². The van der Waals surface area contributed by atoms with Gasteiger partial charge in [0.1, 0.15) is 0 Å². The van der Waals surface area contributed by atoms with Crippen molar-refractivity contribution in [3.63, 3.8) is 0 Å². The van der Waals surface area contributed by atoms with Crippen molar-refractivity contribution < 1.29 is 0 Å². The molecule has 0 unspecified atom stereocenters. The first-order valence-electron chi connectivity index (χ1n) is 8.14. The molecule has 0 saturated heterocycles. The molecule has 2 N–H and O–H groups in total. The number of aromatic nitrogens is 2. The van der Waals surface area contributed by atoms with Crippen LogP contribution in [0.3, 0.4) is 0 Å². The molecule has 1 aromatic heterocycles. The van der Waals surface area contributed by atoms with E-state index in [9.17, 15) is 0 Å². The SMILES string of the molecule is Cc1nn(Cc2ccc(Cl)cc2)c(C)c1NC(=S)Nc1cc(Cl)cc(Cl)c1. The van der Waals surface area contributed by atoms with Crippen LogP contribution in [-0.2, 0) is 6.54 Å². The standard InChI is InChI=1S/C19H17Cl3N4S/c1-11-18(24-19(27)23-17-8-15(21)7-16(22)9-17)12(2)26(25-11)10-13-3-5-14(20)6-4-13/h3-9H,10H2,1-2H3,(H2,23,24,27). The topological polar surface area (TPSA) is 41.9 Å². The van der Waals surface area contributed by atoms with E-state index in [0.29, 0.717) is 32.4 Å². The summed E-state index contributed by atoms with van der Waals surface area (Å²) in [5, 5.41) is 13.1. The van der Waals surface area contributed by atoms with Crippen molar-refractivity contribution in [1.29, 1.82) is 0 Å². The highest BCUT2D eigenvalue weighted by molar-refractivity contribution is 7.80. The summed E-state index contributed by atoms with van der Waals surface area (Å²) in [4.78, 5) is 0. The third-order valence-corrected chi connectivity index (χ3v) is 4.88. The molecule has 0 atom stereocenters. The fourth-order valence-electron chi connectivity index (χ4n) is 2.70. The van der Waals surface area contributed by atoms with Gasteiger partial charge in [0.05, 0.1) is 23.6 Å². The molecule has 0 amide bonds. The zero-order chi connectivity index (χ0) is 19.6. The first-order chi connectivity index (χ1) is 12.8. The smallest absolute Gasteiger partial charge is 0.175 e. The first kappa shape index (κ1) is 20.0. The fraction of sp³-hybridized carbons (Fsp3) is 0.158. The van der Waals surface area contributed by atoms with Crippen molar-refractivity contribution in [2.75, 3.05) is 10.6 Å². The summed E-state index contributed by atoms with van der Waals surface area (Å²) in [7, 11) is 0. The van der Waals surface area contributed by atoms with Gasteiger partial charge in [0.25, 0.3) is 0 Å². The van der Waals surface area contributed by atoms with E-state index in [1.54, 1.807) is 18.2 Å². The Kier molecular flexibility index (Phi) is 6.27. The molecule has 27 heavy (non-hydrogen) atoms. The molecule has 1 heterocycles. The lowest BCUT2D eigenvalue weighted by Crippen LogP contribution is -2.20. The molecule has 2 aromatic carbocycles. The van der Waals surface area contributed by atoms with Crippen LogP contribution in [0, 0.1) is 13.8 Å². The van der Waals surface area contributed by atoms with Crippen LogP contribution in [0.5, 0.6) is 0 Å². The molecule has 3 rings (SSSR count). The van der Waals surface area contributed by atoms with Crippen LogP contribution in [0.25, 0.3) is 0 Å². The van der Waals surface area contributed by atoms with Crippen LogP contribution in [0.2, 0.25) is 15.1 Å². The molecule has 8 heteroatoms. The second-order valence-corrected chi connectivity index (χ2v) is 7.78. The molecule has 4 nitrogen and oxygen atoms in total. The fourth-order valence-corrected chi connectivity index (χ4v) is 3.57. The average molecular weight is 440 g/mol. The molecule has 140 valence electrons. The summed E-state index contributed by atoms with van der Waals surface area (Å²) in [5.41, 5.74) is 4.54. The van der Waals surface area contributed by atoms with Crippen molar-refractivity contribution in [3.05, 3.63) is 74.5 Å². The third kappa shape index (κ3) is 5.14. The normalized spacial score (nSPS) is 10.7. The van der Waals surface area contributed by atoms with E-state index >= 15 is 0 Å². The van der Waals surface area contributed by atoms with Gasteiger partial charge in [-0.2, -0.15) is 5.10 Å². The van der Waals surface area contributed by atoms with Gasteiger partial charge in [-0.15, -0.1) is 0 Å². The van der Waals surface area contributed by atoms with Gasteiger partial charge in [-0.1, -0.05) is 46.9 Å². The van der Waals surface area contributed by atoms with E-state index in [4.69, 9.17) is 47.0 Å². The highest BCUT2D eigenvalue weighted by Gasteiger charge is 2.13. The van der Waals surface area contributed by atoms with Crippen molar-refractivity contribution in [1.82, 2.24) is 9.78 Å². The molecular formula is C19H17Cl3N4S. The number of rotatable bonds is 4. The van der Waals surface area contributed by atoms with Crippen molar-refractivity contribution in [3.8, 4) is 0 Å². The molecule has 0 spiro atoms. The summed E-state index contributed by atoms with van der Waals surface area (Å²) < 4.78 is 1.93. The monoisotopic (exact) mass is 438 g/mol. The van der Waals surface area contributed by atoms with E-state index in [0.717, 1.165) is 22.6 Å². The summed E-state index contributed by atoms with van der Waals surface area (Å²) >= 11 is 23.4. The van der Waals surface area contributed by atoms with Crippen molar-refractivity contribution in [2.24, 2.45) is 0 Å². The maximum absolute atomic E-state index is 6.02. The number of hydrogen-bond acceptors (Lipinski definition) is 2.